The Kier molecular flexibility index (Phi) is 4.55. The van der Waals surface area contributed by atoms with Crippen molar-refractivity contribution in [3.63, 3.8) is 0 Å². The summed E-state index contributed by atoms with van der Waals surface area (Å²) in [4.78, 5) is 20.3. The van der Waals surface area contributed by atoms with Gasteiger partial charge in [-0.3, -0.25) is 5.43 Å². The van der Waals surface area contributed by atoms with Gasteiger partial charge in [-0.15, -0.1) is 0 Å². The number of nitrogens with zero attached hydrogens (tertiary/aromatic N) is 5. The van der Waals surface area contributed by atoms with E-state index in [1.54, 1.807) is 0 Å². The third-order valence-corrected chi connectivity index (χ3v) is 2.72. The minimum absolute atomic E-state index is 0.0878. The van der Waals surface area contributed by atoms with Crippen molar-refractivity contribution >= 4 is 29.3 Å². The van der Waals surface area contributed by atoms with E-state index in [2.05, 4.69) is 30.3 Å². The number of hydrogen-bond donors (Lipinski definition) is 4. The van der Waals surface area contributed by atoms with Gasteiger partial charge in [0, 0.05) is 6.07 Å². The van der Waals surface area contributed by atoms with Crippen molar-refractivity contribution in [3.8, 4) is 6.01 Å². The van der Waals surface area contributed by atoms with Crippen LogP contribution in [0.4, 0.5) is 17.6 Å². The lowest BCUT2D eigenvalue weighted by Crippen LogP contribution is -2.15. The molecule has 0 aliphatic rings. The summed E-state index contributed by atoms with van der Waals surface area (Å²) in [6.07, 6.45) is -0.0878. The van der Waals surface area contributed by atoms with E-state index in [4.69, 9.17) is 22.0 Å². The predicted molar refractivity (Wildman–Crippen MR) is 78.4 cm³/mol. The third kappa shape index (κ3) is 4.29. The molecule has 11 heteroatoms. The summed E-state index contributed by atoms with van der Waals surface area (Å²) in [5.74, 6) is 6.01. The highest BCUT2D eigenvalue weighted by Gasteiger charge is 2.12. The Morgan fingerprint density at radius 3 is 2.24 bits per heavy atom. The second-order valence-corrected chi connectivity index (χ2v) is 5.07. The average Bonchev–Trinajstić information content (AvgIpc) is 2.36. The number of hydrazine groups is 1. The van der Waals surface area contributed by atoms with Gasteiger partial charge < -0.3 is 16.2 Å². The lowest BCUT2D eigenvalue weighted by molar-refractivity contribution is 0.219. The van der Waals surface area contributed by atoms with Gasteiger partial charge in [-0.2, -0.15) is 15.0 Å². The largest absolute Gasteiger partial charge is 0.461 e. The Balaban J connectivity index is 2.29. The van der Waals surface area contributed by atoms with Crippen LogP contribution >= 0.6 is 11.8 Å². The van der Waals surface area contributed by atoms with Crippen LogP contribution in [0.15, 0.2) is 16.4 Å². The molecule has 0 aliphatic carbocycles. The lowest BCUT2D eigenvalue weighted by atomic mass is 10.5. The van der Waals surface area contributed by atoms with Gasteiger partial charge in [-0.25, -0.2) is 15.8 Å². The van der Waals surface area contributed by atoms with E-state index in [9.17, 15) is 0 Å². The Morgan fingerprint density at radius 1 is 1.05 bits per heavy atom. The molecule has 10 nitrogen and oxygen atoms in total. The molecule has 2 aromatic heterocycles. The van der Waals surface area contributed by atoms with Gasteiger partial charge in [0.25, 0.3) is 0 Å². The zero-order valence-corrected chi connectivity index (χ0v) is 12.3. The van der Waals surface area contributed by atoms with E-state index >= 15 is 0 Å². The average molecular weight is 309 g/mol. The Labute approximate surface area is 124 Å². The van der Waals surface area contributed by atoms with Crippen LogP contribution in [-0.4, -0.2) is 31.0 Å². The Bertz CT molecular complexity index is 616. The van der Waals surface area contributed by atoms with E-state index in [0.29, 0.717) is 10.3 Å². The molecule has 0 aromatic carbocycles. The van der Waals surface area contributed by atoms with Crippen molar-refractivity contribution in [3.05, 3.63) is 6.07 Å². The Hall–Kier alpha value is -2.40. The van der Waals surface area contributed by atoms with Gasteiger partial charge in [0.1, 0.15) is 11.6 Å². The first kappa shape index (κ1) is 15.0. The number of anilines is 3. The number of ether oxygens (including phenoxy) is 1. The standard InChI is InChI=1S/C10H15N9OS/c1-4(2)20-8-16-7(19-13)17-10(18-8)21-9-14-5(11)3-6(12)15-9/h3-4H,13H2,1-2H3,(H4,11,12,14,15)(H,16,17,18,19). The van der Waals surface area contributed by atoms with Crippen LogP contribution in [0.3, 0.4) is 0 Å². The maximum Gasteiger partial charge on any atom is 0.322 e. The molecule has 21 heavy (non-hydrogen) atoms. The van der Waals surface area contributed by atoms with Gasteiger partial charge >= 0.3 is 6.01 Å². The van der Waals surface area contributed by atoms with Gasteiger partial charge in [-0.05, 0) is 25.6 Å². The summed E-state index contributed by atoms with van der Waals surface area (Å²) in [6.45, 7) is 3.71. The molecule has 2 rings (SSSR count). The van der Waals surface area contributed by atoms with Gasteiger partial charge in [-0.1, -0.05) is 0 Å². The number of hydrogen-bond acceptors (Lipinski definition) is 11. The number of nitrogens with two attached hydrogens (primary N) is 3. The minimum atomic E-state index is -0.0878. The molecule has 0 atom stereocenters. The topological polar surface area (TPSA) is 164 Å². The van der Waals surface area contributed by atoms with Crippen molar-refractivity contribution < 1.29 is 4.74 Å². The second-order valence-electron chi connectivity index (χ2n) is 4.14. The zero-order valence-electron chi connectivity index (χ0n) is 11.4. The van der Waals surface area contributed by atoms with E-state index in [1.165, 1.54) is 6.07 Å². The minimum Gasteiger partial charge on any atom is -0.461 e. The number of nitrogens with one attached hydrogen (secondary N) is 1. The third-order valence-electron chi connectivity index (χ3n) is 1.99. The number of nitrogen functional groups attached to an aromatic ring is 3. The van der Waals surface area contributed by atoms with Crippen LogP contribution in [0.5, 0.6) is 6.01 Å². The fraction of sp³-hybridized carbons (Fsp3) is 0.300. The molecule has 0 amide bonds. The molecule has 0 saturated heterocycles. The molecule has 0 aliphatic heterocycles. The number of aromatic nitrogens is 5. The first-order valence-electron chi connectivity index (χ1n) is 5.93. The predicted octanol–water partition coefficient (Wildman–Crippen LogP) is 0.0500. The molecule has 0 spiro atoms. The van der Waals surface area contributed by atoms with Crippen LogP contribution in [0.2, 0.25) is 0 Å². The van der Waals surface area contributed by atoms with Crippen LogP contribution in [0, 0.1) is 0 Å². The quantitative estimate of drug-likeness (QED) is 0.335. The maximum absolute atomic E-state index is 5.61. The molecule has 0 radical (unpaired) electrons. The lowest BCUT2D eigenvalue weighted by Gasteiger charge is -2.09. The van der Waals surface area contributed by atoms with Crippen molar-refractivity contribution in [2.24, 2.45) is 5.84 Å². The molecule has 0 saturated carbocycles. The fourth-order valence-corrected chi connectivity index (χ4v) is 2.02. The molecule has 2 heterocycles. The highest BCUT2D eigenvalue weighted by atomic mass is 32.2. The highest BCUT2D eigenvalue weighted by molar-refractivity contribution is 7.99. The SMILES string of the molecule is CC(C)Oc1nc(NN)nc(Sc2nc(N)cc(N)n2)n1. The van der Waals surface area contributed by atoms with Crippen molar-refractivity contribution in [1.82, 2.24) is 24.9 Å². The molecule has 0 fully saturated rings. The van der Waals surface area contributed by atoms with E-state index in [-0.39, 0.29) is 29.7 Å². The van der Waals surface area contributed by atoms with Gasteiger partial charge in [0.2, 0.25) is 11.1 Å². The fourth-order valence-electron chi connectivity index (χ4n) is 1.30. The van der Waals surface area contributed by atoms with Crippen LogP contribution < -0.4 is 27.5 Å². The highest BCUT2D eigenvalue weighted by Crippen LogP contribution is 2.24. The van der Waals surface area contributed by atoms with Crippen LogP contribution in [-0.2, 0) is 0 Å². The molecule has 0 bridgehead atoms. The molecule has 2 aromatic rings. The summed E-state index contributed by atoms with van der Waals surface area (Å²) < 4.78 is 5.42. The number of rotatable bonds is 5. The Morgan fingerprint density at radius 2 is 1.67 bits per heavy atom. The summed E-state index contributed by atoms with van der Waals surface area (Å²) in [6, 6.07) is 1.60. The van der Waals surface area contributed by atoms with Crippen molar-refractivity contribution in [2.45, 2.75) is 30.3 Å². The summed E-state index contributed by atoms with van der Waals surface area (Å²) >= 11 is 1.07. The van der Waals surface area contributed by atoms with E-state index in [1.807, 2.05) is 13.8 Å². The van der Waals surface area contributed by atoms with Gasteiger partial charge in [0.05, 0.1) is 6.10 Å². The van der Waals surface area contributed by atoms with Crippen molar-refractivity contribution in [1.29, 1.82) is 0 Å². The van der Waals surface area contributed by atoms with Gasteiger partial charge in [0.15, 0.2) is 5.16 Å². The second kappa shape index (κ2) is 6.37. The molecule has 7 N–H and O–H groups in total. The first-order chi connectivity index (χ1) is 9.96. The smallest absolute Gasteiger partial charge is 0.322 e. The van der Waals surface area contributed by atoms with Crippen LogP contribution in [0.25, 0.3) is 0 Å². The molecular weight excluding hydrogens is 294 g/mol. The molecule has 112 valence electrons. The summed E-state index contributed by atoms with van der Waals surface area (Å²) in [5.41, 5.74) is 13.6. The van der Waals surface area contributed by atoms with Crippen LogP contribution in [0.1, 0.15) is 13.8 Å². The van der Waals surface area contributed by atoms with E-state index in [0.717, 1.165) is 11.8 Å². The normalized spacial score (nSPS) is 10.7. The summed E-state index contributed by atoms with van der Waals surface area (Å²) in [5, 5.41) is 0.621. The molecular formula is C10H15N9OS. The monoisotopic (exact) mass is 309 g/mol. The molecule has 0 unspecified atom stereocenters. The van der Waals surface area contributed by atoms with E-state index < -0.39 is 0 Å². The zero-order chi connectivity index (χ0) is 15.4. The van der Waals surface area contributed by atoms with Crippen molar-refractivity contribution in [2.75, 3.05) is 16.9 Å². The first-order valence-corrected chi connectivity index (χ1v) is 6.75. The summed E-state index contributed by atoms with van der Waals surface area (Å²) in [7, 11) is 0. The maximum atomic E-state index is 5.61.